The van der Waals surface area contributed by atoms with Crippen molar-refractivity contribution in [3.05, 3.63) is 53.1 Å². The van der Waals surface area contributed by atoms with Crippen LogP contribution in [0.3, 0.4) is 0 Å². The van der Waals surface area contributed by atoms with Crippen molar-refractivity contribution in [2.45, 2.75) is 0 Å². The summed E-state index contributed by atoms with van der Waals surface area (Å²) in [6, 6.07) is 13.2. The summed E-state index contributed by atoms with van der Waals surface area (Å²) < 4.78 is 4.85. The van der Waals surface area contributed by atoms with Gasteiger partial charge in [0, 0.05) is 15.8 Å². The summed E-state index contributed by atoms with van der Waals surface area (Å²) >= 11 is 6.27. The predicted octanol–water partition coefficient (Wildman–Crippen LogP) is 4.02. The summed E-state index contributed by atoms with van der Waals surface area (Å²) in [5.74, 6) is -0.480. The molecule has 2 N–H and O–H groups in total. The quantitative estimate of drug-likeness (QED) is 0.417. The molecule has 0 spiro atoms. The van der Waals surface area contributed by atoms with Gasteiger partial charge < -0.3 is 10.5 Å². The van der Waals surface area contributed by atoms with E-state index in [-0.39, 0.29) is 0 Å². The van der Waals surface area contributed by atoms with Crippen molar-refractivity contribution in [2.24, 2.45) is 0 Å². The van der Waals surface area contributed by atoms with E-state index in [0.29, 0.717) is 21.7 Å². The molecule has 0 unspecified atom stereocenters. The maximum Gasteiger partial charge on any atom is 0.340 e. The minimum absolute atomic E-state index is 0.326. The van der Waals surface area contributed by atoms with Gasteiger partial charge in [-0.25, -0.2) is 4.79 Å². The van der Waals surface area contributed by atoms with Crippen LogP contribution >= 0.6 is 11.6 Å². The maximum absolute atomic E-state index is 12.1. The normalized spacial score (nSPS) is 10.9. The molecular weight excluding hydrogens is 274 g/mol. The van der Waals surface area contributed by atoms with E-state index >= 15 is 0 Å². The molecule has 0 aromatic heterocycles. The van der Waals surface area contributed by atoms with Crippen molar-refractivity contribution in [1.29, 1.82) is 0 Å². The van der Waals surface area contributed by atoms with E-state index in [2.05, 4.69) is 0 Å². The van der Waals surface area contributed by atoms with Crippen molar-refractivity contribution < 1.29 is 9.53 Å². The molecule has 3 aromatic carbocycles. The van der Waals surface area contributed by atoms with Crippen LogP contribution in [0.4, 0.5) is 5.69 Å². The fourth-order valence-electron chi connectivity index (χ4n) is 2.54. The van der Waals surface area contributed by atoms with Crippen molar-refractivity contribution in [3.63, 3.8) is 0 Å². The Labute approximate surface area is 120 Å². The lowest BCUT2D eigenvalue weighted by molar-refractivity contribution is 0.0604. The molecule has 3 nitrogen and oxygen atoms in total. The zero-order valence-corrected chi connectivity index (χ0v) is 11.6. The highest BCUT2D eigenvalue weighted by molar-refractivity contribution is 6.39. The Morgan fingerprint density at radius 3 is 2.40 bits per heavy atom. The molecule has 0 fully saturated rings. The number of benzene rings is 3. The standard InChI is InChI=1S/C16H12ClNO2/c1-20-16(19)14-13-10(7-4-8-12(13)17)9-5-2-3-6-11(9)15(14)18/h2-8H,18H2,1H3. The number of anilines is 1. The summed E-state index contributed by atoms with van der Waals surface area (Å²) in [5, 5.41) is 3.80. The van der Waals surface area contributed by atoms with E-state index in [1.54, 1.807) is 6.07 Å². The van der Waals surface area contributed by atoms with Gasteiger partial charge in [0.25, 0.3) is 0 Å². The van der Waals surface area contributed by atoms with Gasteiger partial charge in [-0.1, -0.05) is 48.0 Å². The first-order valence-electron chi connectivity index (χ1n) is 6.12. The van der Waals surface area contributed by atoms with E-state index in [1.165, 1.54) is 7.11 Å². The first kappa shape index (κ1) is 12.8. The lowest BCUT2D eigenvalue weighted by atomic mass is 9.95. The molecule has 4 heteroatoms. The minimum atomic E-state index is -0.480. The Morgan fingerprint density at radius 1 is 1.05 bits per heavy atom. The first-order valence-corrected chi connectivity index (χ1v) is 6.49. The van der Waals surface area contributed by atoms with Crippen LogP contribution in [0.25, 0.3) is 21.5 Å². The first-order chi connectivity index (χ1) is 9.65. The molecule has 3 aromatic rings. The van der Waals surface area contributed by atoms with Crippen LogP contribution in [0.1, 0.15) is 10.4 Å². The number of nitrogen functional groups attached to an aromatic ring is 1. The summed E-state index contributed by atoms with van der Waals surface area (Å²) in [7, 11) is 1.33. The molecule has 3 rings (SSSR count). The molecule has 0 aliphatic rings. The van der Waals surface area contributed by atoms with Gasteiger partial charge in [-0.2, -0.15) is 0 Å². The van der Waals surface area contributed by atoms with Gasteiger partial charge in [-0.15, -0.1) is 0 Å². The summed E-state index contributed by atoms with van der Waals surface area (Å²) in [6.45, 7) is 0. The highest BCUT2D eigenvalue weighted by Gasteiger charge is 2.20. The van der Waals surface area contributed by atoms with Gasteiger partial charge in [0.05, 0.1) is 18.4 Å². The van der Waals surface area contributed by atoms with E-state index in [9.17, 15) is 4.79 Å². The molecule has 0 heterocycles. The van der Waals surface area contributed by atoms with Crippen molar-refractivity contribution >= 4 is 44.8 Å². The number of carbonyl (C=O) groups is 1. The maximum atomic E-state index is 12.1. The molecule has 0 atom stereocenters. The van der Waals surface area contributed by atoms with Crippen LogP contribution in [0.5, 0.6) is 0 Å². The fraction of sp³-hybridized carbons (Fsp3) is 0.0625. The SMILES string of the molecule is COC(=O)c1c(N)c2ccccc2c2cccc(Cl)c12. The van der Waals surface area contributed by atoms with Gasteiger partial charge in [0.2, 0.25) is 0 Å². The fourth-order valence-corrected chi connectivity index (χ4v) is 2.81. The average molecular weight is 286 g/mol. The van der Waals surface area contributed by atoms with Gasteiger partial charge in [-0.3, -0.25) is 0 Å². The van der Waals surface area contributed by atoms with Crippen LogP contribution < -0.4 is 5.73 Å². The van der Waals surface area contributed by atoms with Crippen LogP contribution in [-0.4, -0.2) is 13.1 Å². The Bertz CT molecular complexity index is 843. The second-order valence-electron chi connectivity index (χ2n) is 4.49. The number of methoxy groups -OCH3 is 1. The van der Waals surface area contributed by atoms with Gasteiger partial charge >= 0.3 is 5.97 Å². The number of rotatable bonds is 1. The summed E-state index contributed by atoms with van der Waals surface area (Å²) in [6.07, 6.45) is 0. The molecule has 0 radical (unpaired) electrons. The topological polar surface area (TPSA) is 52.3 Å². The summed E-state index contributed by atoms with van der Waals surface area (Å²) in [5.41, 5.74) is 6.89. The Morgan fingerprint density at radius 2 is 1.70 bits per heavy atom. The van der Waals surface area contributed by atoms with Crippen molar-refractivity contribution in [2.75, 3.05) is 12.8 Å². The molecule has 0 bridgehead atoms. The van der Waals surface area contributed by atoms with Crippen LogP contribution in [0.2, 0.25) is 5.02 Å². The Balaban J connectivity index is 2.64. The third-order valence-corrected chi connectivity index (χ3v) is 3.74. The zero-order valence-electron chi connectivity index (χ0n) is 10.8. The Hall–Kier alpha value is -2.26. The molecule has 0 saturated carbocycles. The molecule has 100 valence electrons. The molecule has 0 amide bonds. The lowest BCUT2D eigenvalue weighted by Gasteiger charge is -2.14. The molecular formula is C16H12ClNO2. The minimum Gasteiger partial charge on any atom is -0.465 e. The van der Waals surface area contributed by atoms with Crippen LogP contribution in [0.15, 0.2) is 42.5 Å². The van der Waals surface area contributed by atoms with E-state index < -0.39 is 5.97 Å². The van der Waals surface area contributed by atoms with Crippen LogP contribution in [-0.2, 0) is 4.74 Å². The third kappa shape index (κ3) is 1.71. The van der Waals surface area contributed by atoms with Gasteiger partial charge in [0.15, 0.2) is 0 Å². The Kier molecular flexibility index (Phi) is 2.99. The average Bonchev–Trinajstić information content (AvgIpc) is 2.48. The van der Waals surface area contributed by atoms with Gasteiger partial charge in [0.1, 0.15) is 0 Å². The monoisotopic (exact) mass is 285 g/mol. The lowest BCUT2D eigenvalue weighted by Crippen LogP contribution is -2.07. The highest BCUT2D eigenvalue weighted by Crippen LogP contribution is 2.38. The third-order valence-electron chi connectivity index (χ3n) is 3.43. The molecule has 0 aliphatic heterocycles. The number of esters is 1. The van der Waals surface area contributed by atoms with E-state index in [4.69, 9.17) is 22.1 Å². The number of hydrogen-bond acceptors (Lipinski definition) is 3. The second kappa shape index (κ2) is 4.69. The van der Waals surface area contributed by atoms with E-state index in [1.807, 2.05) is 36.4 Å². The number of fused-ring (bicyclic) bond motifs is 3. The van der Waals surface area contributed by atoms with Crippen molar-refractivity contribution in [3.8, 4) is 0 Å². The number of halogens is 1. The molecule has 0 saturated heterocycles. The number of ether oxygens (including phenoxy) is 1. The molecule has 0 aliphatic carbocycles. The second-order valence-corrected chi connectivity index (χ2v) is 4.90. The van der Waals surface area contributed by atoms with E-state index in [0.717, 1.165) is 16.2 Å². The van der Waals surface area contributed by atoms with Crippen molar-refractivity contribution in [1.82, 2.24) is 0 Å². The van der Waals surface area contributed by atoms with Gasteiger partial charge in [-0.05, 0) is 16.8 Å². The zero-order chi connectivity index (χ0) is 14.3. The number of hydrogen-bond donors (Lipinski definition) is 1. The van der Waals surface area contributed by atoms with Crippen LogP contribution in [0, 0.1) is 0 Å². The predicted molar refractivity (Wildman–Crippen MR) is 82.2 cm³/mol. The smallest absolute Gasteiger partial charge is 0.340 e. The highest BCUT2D eigenvalue weighted by atomic mass is 35.5. The number of carbonyl (C=O) groups excluding carboxylic acids is 1. The number of nitrogens with two attached hydrogens (primary N) is 1. The summed E-state index contributed by atoms with van der Waals surface area (Å²) in [4.78, 5) is 12.1. The molecule has 20 heavy (non-hydrogen) atoms. The largest absolute Gasteiger partial charge is 0.465 e.